The molecular formula is C15H18O4S. The highest BCUT2D eigenvalue weighted by molar-refractivity contribution is 7.84. The fourth-order valence-electron chi connectivity index (χ4n) is 2.02. The number of furan rings is 1. The quantitative estimate of drug-likeness (QED) is 0.886. The topological polar surface area (TPSA) is 67.5 Å². The van der Waals surface area contributed by atoms with Gasteiger partial charge in [-0.2, -0.15) is 0 Å². The molecule has 2 rings (SSSR count). The van der Waals surface area contributed by atoms with Crippen molar-refractivity contribution in [1.29, 1.82) is 0 Å². The van der Waals surface area contributed by atoms with Gasteiger partial charge in [0, 0.05) is 21.9 Å². The van der Waals surface area contributed by atoms with Crippen molar-refractivity contribution in [3.63, 3.8) is 0 Å². The predicted molar refractivity (Wildman–Crippen MR) is 79.3 cm³/mol. The number of carboxylic acids is 1. The number of hydrogen-bond acceptors (Lipinski definition) is 3. The van der Waals surface area contributed by atoms with Crippen LogP contribution < -0.4 is 0 Å². The van der Waals surface area contributed by atoms with E-state index in [2.05, 4.69) is 13.8 Å². The third-order valence-corrected chi connectivity index (χ3v) is 4.37. The second-order valence-corrected chi connectivity index (χ2v) is 6.75. The number of para-hydroxylation sites is 1. The molecule has 1 heterocycles. The molecule has 0 saturated carbocycles. The minimum Gasteiger partial charge on any atom is -0.478 e. The third-order valence-electron chi connectivity index (χ3n) is 3.10. The van der Waals surface area contributed by atoms with Gasteiger partial charge in [0.2, 0.25) is 0 Å². The lowest BCUT2D eigenvalue weighted by atomic mass is 10.1. The van der Waals surface area contributed by atoms with Crippen molar-refractivity contribution in [3.05, 3.63) is 35.6 Å². The van der Waals surface area contributed by atoms with Gasteiger partial charge in [-0.3, -0.25) is 4.21 Å². The largest absolute Gasteiger partial charge is 0.478 e. The maximum Gasteiger partial charge on any atom is 0.339 e. The van der Waals surface area contributed by atoms with Crippen LogP contribution >= 0.6 is 0 Å². The maximum atomic E-state index is 12.0. The monoisotopic (exact) mass is 294 g/mol. The first-order valence-corrected chi connectivity index (χ1v) is 8.06. The van der Waals surface area contributed by atoms with Crippen LogP contribution in [0.1, 0.15) is 36.4 Å². The zero-order chi connectivity index (χ0) is 14.7. The molecule has 0 bridgehead atoms. The summed E-state index contributed by atoms with van der Waals surface area (Å²) < 4.78 is 17.6. The van der Waals surface area contributed by atoms with Crippen LogP contribution in [0.5, 0.6) is 0 Å². The van der Waals surface area contributed by atoms with Crippen molar-refractivity contribution < 1.29 is 18.5 Å². The Morgan fingerprint density at radius 2 is 2.05 bits per heavy atom. The average molecular weight is 294 g/mol. The second kappa shape index (κ2) is 6.22. The number of aromatic carboxylic acids is 1. The first kappa shape index (κ1) is 14.8. The summed E-state index contributed by atoms with van der Waals surface area (Å²) in [5.74, 6) is 0.469. The van der Waals surface area contributed by atoms with Crippen LogP contribution in [0.4, 0.5) is 0 Å². The molecule has 0 saturated heterocycles. The zero-order valence-electron chi connectivity index (χ0n) is 11.6. The lowest BCUT2D eigenvalue weighted by Gasteiger charge is -2.04. The van der Waals surface area contributed by atoms with E-state index in [-0.39, 0.29) is 11.3 Å². The van der Waals surface area contributed by atoms with Gasteiger partial charge < -0.3 is 9.52 Å². The van der Waals surface area contributed by atoms with Crippen molar-refractivity contribution in [2.45, 2.75) is 26.0 Å². The standard InChI is InChI=1S/C15H18O4S/c1-10(2)7-8-20(18)9-13-14(15(16)17)11-5-3-4-6-12(11)19-13/h3-6,10H,7-9H2,1-2H3,(H,16,17). The summed E-state index contributed by atoms with van der Waals surface area (Å²) in [7, 11) is -1.10. The SMILES string of the molecule is CC(C)CCS(=O)Cc1oc2ccccc2c1C(=O)O. The molecule has 0 spiro atoms. The predicted octanol–water partition coefficient (Wildman–Crippen LogP) is 3.43. The van der Waals surface area contributed by atoms with E-state index < -0.39 is 16.8 Å². The summed E-state index contributed by atoms with van der Waals surface area (Å²) in [4.78, 5) is 11.4. The number of benzene rings is 1. The Morgan fingerprint density at radius 3 is 2.70 bits per heavy atom. The Labute approximate surface area is 120 Å². The minimum absolute atomic E-state index is 0.137. The van der Waals surface area contributed by atoms with Gasteiger partial charge in [-0.05, 0) is 18.4 Å². The highest BCUT2D eigenvalue weighted by Gasteiger charge is 2.21. The smallest absolute Gasteiger partial charge is 0.339 e. The van der Waals surface area contributed by atoms with Crippen LogP contribution in [0, 0.1) is 5.92 Å². The molecule has 0 aliphatic heterocycles. The van der Waals surface area contributed by atoms with Crippen molar-refractivity contribution in [1.82, 2.24) is 0 Å². The second-order valence-electron chi connectivity index (χ2n) is 5.17. The van der Waals surface area contributed by atoms with Gasteiger partial charge in [0.1, 0.15) is 16.9 Å². The fourth-order valence-corrected chi connectivity index (χ4v) is 3.39. The van der Waals surface area contributed by atoms with E-state index in [9.17, 15) is 14.1 Å². The van der Waals surface area contributed by atoms with E-state index in [4.69, 9.17) is 4.42 Å². The number of fused-ring (bicyclic) bond motifs is 1. The van der Waals surface area contributed by atoms with Gasteiger partial charge >= 0.3 is 5.97 Å². The van der Waals surface area contributed by atoms with E-state index >= 15 is 0 Å². The minimum atomic E-state index is -1.10. The summed E-state index contributed by atoms with van der Waals surface area (Å²) in [6.07, 6.45) is 0.856. The summed E-state index contributed by atoms with van der Waals surface area (Å²) in [5, 5.41) is 9.89. The van der Waals surface area contributed by atoms with Gasteiger partial charge in [0.25, 0.3) is 0 Å². The van der Waals surface area contributed by atoms with Crippen LogP contribution in [-0.2, 0) is 16.6 Å². The van der Waals surface area contributed by atoms with E-state index in [1.165, 1.54) is 0 Å². The van der Waals surface area contributed by atoms with Crippen LogP contribution in [0.2, 0.25) is 0 Å². The molecule has 20 heavy (non-hydrogen) atoms. The van der Waals surface area contributed by atoms with Crippen molar-refractivity contribution >= 4 is 27.7 Å². The molecule has 1 N–H and O–H groups in total. The molecule has 5 heteroatoms. The van der Waals surface area contributed by atoms with Gasteiger partial charge in [-0.1, -0.05) is 32.0 Å². The van der Waals surface area contributed by atoms with Crippen molar-refractivity contribution in [2.75, 3.05) is 5.75 Å². The normalized spacial score (nSPS) is 12.9. The van der Waals surface area contributed by atoms with E-state index in [1.807, 2.05) is 0 Å². The number of carbonyl (C=O) groups is 1. The fraction of sp³-hybridized carbons (Fsp3) is 0.400. The third kappa shape index (κ3) is 3.28. The molecule has 108 valence electrons. The number of rotatable bonds is 6. The molecule has 1 aromatic carbocycles. The lowest BCUT2D eigenvalue weighted by Crippen LogP contribution is -2.07. The Kier molecular flexibility index (Phi) is 4.60. The molecule has 1 unspecified atom stereocenters. The number of hydrogen-bond donors (Lipinski definition) is 1. The van der Waals surface area contributed by atoms with Crippen LogP contribution in [0.3, 0.4) is 0 Å². The van der Waals surface area contributed by atoms with E-state index in [0.29, 0.717) is 28.4 Å². The van der Waals surface area contributed by atoms with Gasteiger partial charge in [0.15, 0.2) is 0 Å². The van der Waals surface area contributed by atoms with Crippen LogP contribution in [0.15, 0.2) is 28.7 Å². The highest BCUT2D eigenvalue weighted by atomic mass is 32.2. The van der Waals surface area contributed by atoms with Gasteiger partial charge in [-0.25, -0.2) is 4.79 Å². The zero-order valence-corrected chi connectivity index (χ0v) is 12.4. The van der Waals surface area contributed by atoms with Gasteiger partial charge in [-0.15, -0.1) is 0 Å². The van der Waals surface area contributed by atoms with E-state index in [0.717, 1.165) is 6.42 Å². The average Bonchev–Trinajstić information content (AvgIpc) is 2.74. The van der Waals surface area contributed by atoms with Crippen molar-refractivity contribution in [2.24, 2.45) is 5.92 Å². The molecule has 0 aliphatic rings. The summed E-state index contributed by atoms with van der Waals surface area (Å²) in [6.45, 7) is 4.14. The molecule has 1 aromatic heterocycles. The summed E-state index contributed by atoms with van der Waals surface area (Å²) in [5.41, 5.74) is 0.666. The molecule has 1 atom stereocenters. The molecule has 2 aromatic rings. The highest BCUT2D eigenvalue weighted by Crippen LogP contribution is 2.27. The maximum absolute atomic E-state index is 12.0. The Balaban J connectivity index is 2.27. The molecule has 0 amide bonds. The van der Waals surface area contributed by atoms with E-state index in [1.54, 1.807) is 24.3 Å². The first-order chi connectivity index (χ1) is 9.49. The summed E-state index contributed by atoms with van der Waals surface area (Å²) in [6, 6.07) is 6.99. The van der Waals surface area contributed by atoms with Crippen molar-refractivity contribution in [3.8, 4) is 0 Å². The molecule has 0 fully saturated rings. The molecule has 0 radical (unpaired) electrons. The Morgan fingerprint density at radius 1 is 1.35 bits per heavy atom. The Bertz CT molecular complexity index is 642. The molecular weight excluding hydrogens is 276 g/mol. The first-order valence-electron chi connectivity index (χ1n) is 6.57. The van der Waals surface area contributed by atoms with Crippen LogP contribution in [0.25, 0.3) is 11.0 Å². The number of carboxylic acid groups (broad SMARTS) is 1. The summed E-state index contributed by atoms with van der Waals surface area (Å²) >= 11 is 0. The lowest BCUT2D eigenvalue weighted by molar-refractivity contribution is 0.0697. The molecule has 0 aliphatic carbocycles. The van der Waals surface area contributed by atoms with Gasteiger partial charge in [0.05, 0.1) is 5.75 Å². The molecule has 4 nitrogen and oxygen atoms in total. The Hall–Kier alpha value is -1.62. The van der Waals surface area contributed by atoms with Crippen LogP contribution in [-0.4, -0.2) is 21.0 Å².